The van der Waals surface area contributed by atoms with E-state index in [0.717, 1.165) is 51.3 Å². The zero-order valence-corrected chi connectivity index (χ0v) is 13.2. The molecule has 0 saturated heterocycles. The van der Waals surface area contributed by atoms with Crippen molar-refractivity contribution < 1.29 is 4.79 Å². The van der Waals surface area contributed by atoms with Crippen LogP contribution in [0.2, 0.25) is 0 Å². The summed E-state index contributed by atoms with van der Waals surface area (Å²) in [4.78, 5) is 15.7. The molecule has 0 aliphatic heterocycles. The first kappa shape index (κ1) is 16.3. The van der Waals surface area contributed by atoms with Crippen molar-refractivity contribution in [1.29, 1.82) is 0 Å². The fourth-order valence-electron chi connectivity index (χ4n) is 2.08. The van der Waals surface area contributed by atoms with Gasteiger partial charge in [0.05, 0.1) is 0 Å². The predicted molar refractivity (Wildman–Crippen MR) is 86.6 cm³/mol. The molecule has 1 amide bonds. The maximum atomic E-state index is 11.5. The van der Waals surface area contributed by atoms with E-state index < -0.39 is 0 Å². The van der Waals surface area contributed by atoms with Crippen LogP contribution in [0, 0.1) is 0 Å². The molecule has 1 aromatic heterocycles. The minimum absolute atomic E-state index is 0.159. The average Bonchev–Trinajstić information content (AvgIpc) is 3.17. The van der Waals surface area contributed by atoms with Crippen molar-refractivity contribution in [2.45, 2.75) is 44.7 Å². The molecule has 0 spiro atoms. The predicted octanol–water partition coefficient (Wildman–Crippen LogP) is 0.497. The van der Waals surface area contributed by atoms with Crippen molar-refractivity contribution in [3.05, 3.63) is 18.5 Å². The molecule has 0 atom stereocenters. The van der Waals surface area contributed by atoms with E-state index in [-0.39, 0.29) is 5.91 Å². The third-order valence-corrected chi connectivity index (χ3v) is 3.45. The Hall–Kier alpha value is -2.05. The normalized spacial score (nSPS) is 14.7. The molecule has 7 heteroatoms. The Balaban J connectivity index is 1.48. The number of aryl methyl sites for hydroxylation is 1. The third-order valence-electron chi connectivity index (χ3n) is 3.45. The van der Waals surface area contributed by atoms with E-state index in [1.807, 2.05) is 16.9 Å². The van der Waals surface area contributed by atoms with Crippen molar-refractivity contribution in [3.8, 4) is 0 Å². The number of hydrogen-bond acceptors (Lipinski definition) is 3. The molecule has 0 bridgehead atoms. The highest BCUT2D eigenvalue weighted by Gasteiger charge is 2.22. The number of aromatic nitrogens is 2. The van der Waals surface area contributed by atoms with Crippen LogP contribution in [-0.2, 0) is 11.3 Å². The van der Waals surface area contributed by atoms with Gasteiger partial charge < -0.3 is 16.0 Å². The largest absolute Gasteiger partial charge is 0.356 e. The molecule has 3 N–H and O–H groups in total. The van der Waals surface area contributed by atoms with E-state index in [1.165, 1.54) is 0 Å². The van der Waals surface area contributed by atoms with Crippen LogP contribution < -0.4 is 16.0 Å². The maximum Gasteiger partial charge on any atom is 0.220 e. The monoisotopic (exact) mass is 306 g/mol. The number of amides is 1. The third kappa shape index (κ3) is 6.60. The van der Waals surface area contributed by atoms with Crippen molar-refractivity contribution in [1.82, 2.24) is 25.7 Å². The second kappa shape index (κ2) is 9.07. The fraction of sp³-hybridized carbons (Fsp3) is 0.667. The van der Waals surface area contributed by atoms with Crippen LogP contribution in [0.4, 0.5) is 0 Å². The zero-order chi connectivity index (χ0) is 15.6. The van der Waals surface area contributed by atoms with Crippen molar-refractivity contribution in [2.75, 3.05) is 20.1 Å². The molecular formula is C15H26N6O. The Kier molecular flexibility index (Phi) is 6.73. The minimum Gasteiger partial charge on any atom is -0.356 e. The molecule has 1 heterocycles. The first-order valence-electron chi connectivity index (χ1n) is 7.99. The lowest BCUT2D eigenvalue weighted by molar-refractivity contribution is -0.121. The first-order chi connectivity index (χ1) is 10.8. The summed E-state index contributed by atoms with van der Waals surface area (Å²) in [6.07, 6.45) is 8.38. The summed E-state index contributed by atoms with van der Waals surface area (Å²) in [6.45, 7) is 2.47. The molecule has 2 rings (SSSR count). The lowest BCUT2D eigenvalue weighted by Gasteiger charge is -2.11. The van der Waals surface area contributed by atoms with E-state index in [9.17, 15) is 4.79 Å². The Morgan fingerprint density at radius 3 is 2.73 bits per heavy atom. The SMILES string of the molecule is CN=C(NCCCC(=O)NC1CC1)NCCCn1cccn1. The van der Waals surface area contributed by atoms with Crippen LogP contribution in [0.3, 0.4) is 0 Å². The van der Waals surface area contributed by atoms with E-state index in [4.69, 9.17) is 0 Å². The zero-order valence-electron chi connectivity index (χ0n) is 13.2. The molecule has 0 aromatic carbocycles. The van der Waals surface area contributed by atoms with Gasteiger partial charge >= 0.3 is 0 Å². The van der Waals surface area contributed by atoms with E-state index >= 15 is 0 Å². The first-order valence-corrected chi connectivity index (χ1v) is 7.99. The number of guanidine groups is 1. The number of rotatable bonds is 9. The van der Waals surface area contributed by atoms with Gasteiger partial charge in [0.1, 0.15) is 0 Å². The van der Waals surface area contributed by atoms with Gasteiger partial charge in [-0.05, 0) is 31.7 Å². The standard InChI is InChI=1S/C15H26N6O/c1-16-15(18-9-3-11-21-12-4-10-19-21)17-8-2-5-14(22)20-13-6-7-13/h4,10,12-13H,2-3,5-9,11H2,1H3,(H,20,22)(H2,16,17,18). The van der Waals surface area contributed by atoms with E-state index in [1.54, 1.807) is 13.2 Å². The fourth-order valence-corrected chi connectivity index (χ4v) is 2.08. The van der Waals surface area contributed by atoms with Gasteiger partial charge in [0, 0.05) is 51.5 Å². The van der Waals surface area contributed by atoms with Gasteiger partial charge in [-0.1, -0.05) is 0 Å². The maximum absolute atomic E-state index is 11.5. The molecule has 1 aromatic rings. The lowest BCUT2D eigenvalue weighted by atomic mass is 10.3. The molecule has 122 valence electrons. The Morgan fingerprint density at radius 2 is 2.09 bits per heavy atom. The quantitative estimate of drug-likeness (QED) is 0.352. The molecule has 0 unspecified atom stereocenters. The molecule has 1 aliphatic rings. The molecule has 0 radical (unpaired) electrons. The Bertz CT molecular complexity index is 466. The highest BCUT2D eigenvalue weighted by Crippen LogP contribution is 2.18. The molecule has 1 saturated carbocycles. The number of carbonyl (C=O) groups is 1. The van der Waals surface area contributed by atoms with Crippen LogP contribution >= 0.6 is 0 Å². The summed E-state index contributed by atoms with van der Waals surface area (Å²) in [5, 5.41) is 13.6. The summed E-state index contributed by atoms with van der Waals surface area (Å²) in [5.41, 5.74) is 0. The molecular weight excluding hydrogens is 280 g/mol. The summed E-state index contributed by atoms with van der Waals surface area (Å²) in [5.74, 6) is 0.939. The number of aliphatic imine (C=N–C) groups is 1. The van der Waals surface area contributed by atoms with Crippen LogP contribution in [-0.4, -0.2) is 47.8 Å². The highest BCUT2D eigenvalue weighted by atomic mass is 16.1. The number of nitrogens with zero attached hydrogens (tertiary/aromatic N) is 3. The highest BCUT2D eigenvalue weighted by molar-refractivity contribution is 5.79. The number of hydrogen-bond donors (Lipinski definition) is 3. The van der Waals surface area contributed by atoms with Crippen LogP contribution in [0.25, 0.3) is 0 Å². The van der Waals surface area contributed by atoms with E-state index in [2.05, 4.69) is 26.0 Å². The van der Waals surface area contributed by atoms with Crippen LogP contribution in [0.15, 0.2) is 23.5 Å². The summed E-state index contributed by atoms with van der Waals surface area (Å²) < 4.78 is 1.91. The summed E-state index contributed by atoms with van der Waals surface area (Å²) in [7, 11) is 1.75. The molecule has 7 nitrogen and oxygen atoms in total. The van der Waals surface area contributed by atoms with Crippen molar-refractivity contribution in [3.63, 3.8) is 0 Å². The van der Waals surface area contributed by atoms with Gasteiger partial charge in [0.15, 0.2) is 5.96 Å². The van der Waals surface area contributed by atoms with Gasteiger partial charge in [0.25, 0.3) is 0 Å². The van der Waals surface area contributed by atoms with Gasteiger partial charge in [-0.2, -0.15) is 5.10 Å². The molecule has 1 fully saturated rings. The lowest BCUT2D eigenvalue weighted by Crippen LogP contribution is -2.38. The van der Waals surface area contributed by atoms with Gasteiger partial charge in [-0.25, -0.2) is 0 Å². The average molecular weight is 306 g/mol. The summed E-state index contributed by atoms with van der Waals surface area (Å²) in [6, 6.07) is 2.37. The van der Waals surface area contributed by atoms with Gasteiger partial charge in [-0.15, -0.1) is 0 Å². The van der Waals surface area contributed by atoms with Crippen LogP contribution in [0.1, 0.15) is 32.1 Å². The molecule has 22 heavy (non-hydrogen) atoms. The number of carbonyl (C=O) groups excluding carboxylic acids is 1. The minimum atomic E-state index is 0.159. The van der Waals surface area contributed by atoms with Gasteiger partial charge in [0.2, 0.25) is 5.91 Å². The van der Waals surface area contributed by atoms with E-state index in [0.29, 0.717) is 12.5 Å². The second-order valence-corrected chi connectivity index (χ2v) is 5.49. The van der Waals surface area contributed by atoms with Gasteiger partial charge in [-0.3, -0.25) is 14.5 Å². The summed E-state index contributed by atoms with van der Waals surface area (Å²) >= 11 is 0. The number of nitrogens with one attached hydrogen (secondary N) is 3. The molecule has 1 aliphatic carbocycles. The van der Waals surface area contributed by atoms with Crippen LogP contribution in [0.5, 0.6) is 0 Å². The topological polar surface area (TPSA) is 83.3 Å². The Labute approximate surface area is 131 Å². The smallest absolute Gasteiger partial charge is 0.220 e. The van der Waals surface area contributed by atoms with Crippen molar-refractivity contribution in [2.24, 2.45) is 4.99 Å². The van der Waals surface area contributed by atoms with Crippen molar-refractivity contribution >= 4 is 11.9 Å². The second-order valence-electron chi connectivity index (χ2n) is 5.49. The Morgan fingerprint density at radius 1 is 1.32 bits per heavy atom.